The van der Waals surface area contributed by atoms with Crippen LogP contribution in [0.1, 0.15) is 16.2 Å². The van der Waals surface area contributed by atoms with Crippen molar-refractivity contribution in [2.45, 2.75) is 13.1 Å². The van der Waals surface area contributed by atoms with Gasteiger partial charge in [0.2, 0.25) is 0 Å². The van der Waals surface area contributed by atoms with E-state index in [1.807, 2.05) is 4.68 Å². The quantitative estimate of drug-likeness (QED) is 0.602. The summed E-state index contributed by atoms with van der Waals surface area (Å²) in [5, 5.41) is 7.45. The maximum absolute atomic E-state index is 11.3. The van der Waals surface area contributed by atoms with Crippen LogP contribution in [0.25, 0.3) is 0 Å². The van der Waals surface area contributed by atoms with Gasteiger partial charge in [-0.2, -0.15) is 5.10 Å². The van der Waals surface area contributed by atoms with Crippen LogP contribution in [-0.2, 0) is 17.8 Å². The van der Waals surface area contributed by atoms with E-state index in [4.69, 9.17) is 0 Å². The highest BCUT2D eigenvalue weighted by molar-refractivity contribution is 14.1. The first-order chi connectivity index (χ1) is 6.74. The summed E-state index contributed by atoms with van der Waals surface area (Å²) in [5.74, 6) is -0.365. The van der Waals surface area contributed by atoms with E-state index in [9.17, 15) is 4.79 Å². The lowest BCUT2D eigenvalue weighted by atomic mass is 10.3. The van der Waals surface area contributed by atoms with Crippen LogP contribution in [0.2, 0.25) is 0 Å². The Morgan fingerprint density at radius 2 is 2.50 bits per heavy atom. The molecule has 2 heterocycles. The topological polar surface area (TPSA) is 56.1 Å². The monoisotopic (exact) mass is 307 g/mol. The summed E-state index contributed by atoms with van der Waals surface area (Å²) in [6.07, 6.45) is 0. The minimum Gasteiger partial charge on any atom is -0.464 e. The number of aromatic nitrogens is 2. The molecule has 0 amide bonds. The summed E-state index contributed by atoms with van der Waals surface area (Å²) in [6, 6.07) is 0. The predicted molar refractivity (Wildman–Crippen MR) is 58.0 cm³/mol. The second-order valence-electron chi connectivity index (χ2n) is 3.00. The summed E-state index contributed by atoms with van der Waals surface area (Å²) in [7, 11) is 1.37. The molecule has 1 aromatic heterocycles. The number of carbonyl (C=O) groups is 1. The number of methoxy groups -OCH3 is 1. The standard InChI is InChI=1S/C8H10IN3O2/c1-14-8(13)7-6(9)5-4-10-2-3-12(5)11-7/h10H,2-4H2,1H3. The molecule has 0 radical (unpaired) electrons. The number of nitrogens with one attached hydrogen (secondary N) is 1. The number of halogens is 1. The minimum absolute atomic E-state index is 0.365. The molecule has 1 aliphatic heterocycles. The van der Waals surface area contributed by atoms with Gasteiger partial charge in [0.05, 0.1) is 22.9 Å². The van der Waals surface area contributed by atoms with Crippen LogP contribution in [0.3, 0.4) is 0 Å². The third-order valence-electron chi connectivity index (χ3n) is 2.17. The van der Waals surface area contributed by atoms with Crippen LogP contribution in [0.15, 0.2) is 0 Å². The highest BCUT2D eigenvalue weighted by Gasteiger charge is 2.22. The maximum Gasteiger partial charge on any atom is 0.359 e. The molecule has 0 fully saturated rings. The van der Waals surface area contributed by atoms with Gasteiger partial charge < -0.3 is 10.1 Å². The van der Waals surface area contributed by atoms with E-state index in [1.54, 1.807) is 0 Å². The first kappa shape index (κ1) is 9.91. The fourth-order valence-corrected chi connectivity index (χ4v) is 2.24. The lowest BCUT2D eigenvalue weighted by molar-refractivity contribution is 0.0592. The Kier molecular flexibility index (Phi) is 2.73. The van der Waals surface area contributed by atoms with Gasteiger partial charge in [-0.25, -0.2) is 4.79 Å². The van der Waals surface area contributed by atoms with Gasteiger partial charge in [0.1, 0.15) is 0 Å². The van der Waals surface area contributed by atoms with Gasteiger partial charge in [-0.1, -0.05) is 0 Å². The molecule has 0 saturated heterocycles. The fourth-order valence-electron chi connectivity index (χ4n) is 1.45. The molecule has 0 spiro atoms. The molecule has 0 bridgehead atoms. The Hall–Kier alpha value is -0.630. The van der Waals surface area contributed by atoms with Crippen molar-refractivity contribution < 1.29 is 9.53 Å². The smallest absolute Gasteiger partial charge is 0.359 e. The van der Waals surface area contributed by atoms with Crippen molar-refractivity contribution in [2.75, 3.05) is 13.7 Å². The molecule has 0 atom stereocenters. The number of hydrogen-bond donors (Lipinski definition) is 1. The summed E-state index contributed by atoms with van der Waals surface area (Å²) < 4.78 is 7.41. The predicted octanol–water partition coefficient (Wildman–Crippen LogP) is 0.378. The molecule has 1 aliphatic rings. The number of nitrogens with zero attached hydrogens (tertiary/aromatic N) is 2. The molecule has 0 saturated carbocycles. The van der Waals surface area contributed by atoms with Crippen molar-refractivity contribution in [1.82, 2.24) is 15.1 Å². The molecule has 0 aromatic carbocycles. The maximum atomic E-state index is 11.3. The lowest BCUT2D eigenvalue weighted by Gasteiger charge is -2.14. The Morgan fingerprint density at radius 3 is 3.14 bits per heavy atom. The number of hydrogen-bond acceptors (Lipinski definition) is 4. The van der Waals surface area contributed by atoms with E-state index in [-0.39, 0.29) is 5.97 Å². The van der Waals surface area contributed by atoms with Gasteiger partial charge in [-0.15, -0.1) is 0 Å². The first-order valence-electron chi connectivity index (χ1n) is 4.28. The molecule has 5 nitrogen and oxygen atoms in total. The van der Waals surface area contributed by atoms with Crippen molar-refractivity contribution >= 4 is 28.6 Å². The van der Waals surface area contributed by atoms with E-state index in [1.165, 1.54) is 7.11 Å². The van der Waals surface area contributed by atoms with E-state index in [2.05, 4.69) is 37.7 Å². The highest BCUT2D eigenvalue weighted by atomic mass is 127. The minimum atomic E-state index is -0.365. The first-order valence-corrected chi connectivity index (χ1v) is 5.36. The lowest BCUT2D eigenvalue weighted by Crippen LogP contribution is -2.28. The average Bonchev–Trinajstić information content (AvgIpc) is 2.56. The van der Waals surface area contributed by atoms with Gasteiger partial charge in [0.15, 0.2) is 5.69 Å². The third-order valence-corrected chi connectivity index (χ3v) is 3.30. The molecule has 1 N–H and O–H groups in total. The number of fused-ring (bicyclic) bond motifs is 1. The van der Waals surface area contributed by atoms with Crippen LogP contribution in [0.4, 0.5) is 0 Å². The molecular weight excluding hydrogens is 297 g/mol. The van der Waals surface area contributed by atoms with Crippen LogP contribution >= 0.6 is 22.6 Å². The zero-order valence-electron chi connectivity index (χ0n) is 7.71. The Morgan fingerprint density at radius 1 is 1.71 bits per heavy atom. The second kappa shape index (κ2) is 3.85. The largest absolute Gasteiger partial charge is 0.464 e. The van der Waals surface area contributed by atoms with Crippen molar-refractivity contribution in [2.24, 2.45) is 0 Å². The molecule has 14 heavy (non-hydrogen) atoms. The zero-order valence-corrected chi connectivity index (χ0v) is 9.87. The molecule has 76 valence electrons. The van der Waals surface area contributed by atoms with Gasteiger partial charge >= 0.3 is 5.97 Å². The van der Waals surface area contributed by atoms with Gasteiger partial charge in [-0.05, 0) is 22.6 Å². The Bertz CT molecular complexity index is 375. The summed E-state index contributed by atoms with van der Waals surface area (Å²) in [6.45, 7) is 2.47. The van der Waals surface area contributed by atoms with E-state index in [0.717, 1.165) is 28.9 Å². The van der Waals surface area contributed by atoms with Crippen molar-refractivity contribution in [1.29, 1.82) is 0 Å². The zero-order chi connectivity index (χ0) is 10.1. The second-order valence-corrected chi connectivity index (χ2v) is 4.08. The van der Waals surface area contributed by atoms with E-state index < -0.39 is 0 Å². The molecule has 0 aliphatic carbocycles. The number of carbonyl (C=O) groups excluding carboxylic acids is 1. The van der Waals surface area contributed by atoms with Crippen molar-refractivity contribution in [3.8, 4) is 0 Å². The fraction of sp³-hybridized carbons (Fsp3) is 0.500. The number of ether oxygens (including phenoxy) is 1. The van der Waals surface area contributed by atoms with Crippen LogP contribution in [0, 0.1) is 3.57 Å². The van der Waals surface area contributed by atoms with Gasteiger partial charge in [0, 0.05) is 13.1 Å². The highest BCUT2D eigenvalue weighted by Crippen LogP contribution is 2.19. The van der Waals surface area contributed by atoms with Crippen LogP contribution in [-0.4, -0.2) is 29.4 Å². The molecule has 0 unspecified atom stereocenters. The third kappa shape index (κ3) is 1.52. The Balaban J connectivity index is 2.43. The SMILES string of the molecule is COC(=O)c1nn2c(c1I)CNCC2. The normalized spacial score (nSPS) is 15.0. The van der Waals surface area contributed by atoms with Crippen molar-refractivity contribution in [3.05, 3.63) is 15.0 Å². The van der Waals surface area contributed by atoms with Gasteiger partial charge in [-0.3, -0.25) is 4.68 Å². The van der Waals surface area contributed by atoms with E-state index >= 15 is 0 Å². The van der Waals surface area contributed by atoms with E-state index in [0.29, 0.717) is 5.69 Å². The molecular formula is C8H10IN3O2. The summed E-state index contributed by atoms with van der Waals surface area (Å²) >= 11 is 2.13. The van der Waals surface area contributed by atoms with Gasteiger partial charge in [0.25, 0.3) is 0 Å². The summed E-state index contributed by atoms with van der Waals surface area (Å²) in [4.78, 5) is 11.3. The number of esters is 1. The van der Waals surface area contributed by atoms with Crippen LogP contribution in [0.5, 0.6) is 0 Å². The summed E-state index contributed by atoms with van der Waals surface area (Å²) in [5.41, 5.74) is 1.49. The van der Waals surface area contributed by atoms with Crippen LogP contribution < -0.4 is 5.32 Å². The molecule has 1 aromatic rings. The average molecular weight is 307 g/mol. The number of rotatable bonds is 1. The van der Waals surface area contributed by atoms with Crippen molar-refractivity contribution in [3.63, 3.8) is 0 Å². The molecule has 6 heteroatoms. The molecule has 2 rings (SSSR count). The Labute approximate surface area is 94.9 Å².